The lowest BCUT2D eigenvalue weighted by Crippen LogP contribution is -2.42. The van der Waals surface area contributed by atoms with E-state index in [9.17, 15) is 0 Å². The molecule has 1 aliphatic carbocycles. The van der Waals surface area contributed by atoms with Crippen LogP contribution in [-0.4, -0.2) is 37.1 Å². The number of hydrogen-bond donors (Lipinski definition) is 1. The molecule has 0 radical (unpaired) electrons. The van der Waals surface area contributed by atoms with Crippen molar-refractivity contribution in [3.8, 4) is 0 Å². The number of nitrogens with zero attached hydrogens (tertiary/aromatic N) is 1. The zero-order valence-corrected chi connectivity index (χ0v) is 10.8. The molecule has 2 nitrogen and oxygen atoms in total. The van der Waals surface area contributed by atoms with E-state index in [1.165, 1.54) is 51.6 Å². The predicted octanol–water partition coefficient (Wildman–Crippen LogP) is 2.64. The minimum atomic E-state index is 0.784. The number of hydrogen-bond acceptors (Lipinski definition) is 2. The lowest BCUT2D eigenvalue weighted by Gasteiger charge is -2.36. The highest BCUT2D eigenvalue weighted by Gasteiger charge is 2.23. The average molecular weight is 212 g/mol. The zero-order valence-electron chi connectivity index (χ0n) is 10.8. The lowest BCUT2D eigenvalue weighted by molar-refractivity contribution is 0.145. The quantitative estimate of drug-likeness (QED) is 0.728. The van der Waals surface area contributed by atoms with Gasteiger partial charge in [-0.15, -0.1) is 0 Å². The van der Waals surface area contributed by atoms with E-state index in [4.69, 9.17) is 0 Å². The molecule has 0 aromatic rings. The van der Waals surface area contributed by atoms with Gasteiger partial charge in [0.05, 0.1) is 0 Å². The molecule has 0 aliphatic heterocycles. The molecule has 1 saturated carbocycles. The minimum absolute atomic E-state index is 0.784. The Morgan fingerprint density at radius 3 is 1.93 bits per heavy atom. The van der Waals surface area contributed by atoms with Crippen molar-refractivity contribution in [3.05, 3.63) is 0 Å². The summed E-state index contributed by atoms with van der Waals surface area (Å²) in [5.74, 6) is 0. The van der Waals surface area contributed by atoms with Crippen molar-refractivity contribution in [1.29, 1.82) is 0 Å². The van der Waals surface area contributed by atoms with Crippen LogP contribution in [0.3, 0.4) is 0 Å². The van der Waals surface area contributed by atoms with E-state index in [0.717, 1.165) is 12.1 Å². The zero-order chi connectivity index (χ0) is 11.1. The molecule has 1 aliphatic rings. The van der Waals surface area contributed by atoms with Gasteiger partial charge in [-0.25, -0.2) is 0 Å². The Morgan fingerprint density at radius 1 is 1.00 bits per heavy atom. The fourth-order valence-electron chi connectivity index (χ4n) is 2.78. The van der Waals surface area contributed by atoms with Crippen LogP contribution >= 0.6 is 0 Å². The van der Waals surface area contributed by atoms with Gasteiger partial charge in [0, 0.05) is 12.1 Å². The number of rotatable bonds is 6. The molecule has 0 spiro atoms. The topological polar surface area (TPSA) is 15.3 Å². The van der Waals surface area contributed by atoms with Gasteiger partial charge in [-0.3, -0.25) is 0 Å². The monoisotopic (exact) mass is 212 g/mol. The predicted molar refractivity (Wildman–Crippen MR) is 67.3 cm³/mol. The van der Waals surface area contributed by atoms with Crippen molar-refractivity contribution in [1.82, 2.24) is 10.2 Å². The van der Waals surface area contributed by atoms with Gasteiger partial charge >= 0.3 is 0 Å². The van der Waals surface area contributed by atoms with Crippen molar-refractivity contribution < 1.29 is 0 Å². The Kier molecular flexibility index (Phi) is 6.26. The van der Waals surface area contributed by atoms with Gasteiger partial charge in [-0.2, -0.15) is 0 Å². The molecular weight excluding hydrogens is 184 g/mol. The van der Waals surface area contributed by atoms with E-state index in [1.807, 2.05) is 0 Å². The molecule has 1 rings (SSSR count). The Labute approximate surface area is 95.4 Å². The van der Waals surface area contributed by atoms with Crippen molar-refractivity contribution in [2.24, 2.45) is 0 Å². The maximum atomic E-state index is 3.41. The van der Waals surface area contributed by atoms with E-state index in [-0.39, 0.29) is 0 Å². The second-order valence-electron chi connectivity index (χ2n) is 4.83. The third-order valence-corrected chi connectivity index (χ3v) is 3.64. The highest BCUT2D eigenvalue weighted by molar-refractivity contribution is 4.81. The molecule has 90 valence electrons. The Bertz CT molecular complexity index is 145. The van der Waals surface area contributed by atoms with Crippen molar-refractivity contribution in [2.45, 2.75) is 64.5 Å². The largest absolute Gasteiger partial charge is 0.317 e. The Hall–Kier alpha value is -0.0800. The SMILES string of the molecule is CCCN(CCC)C1CCC(NC)CC1. The first-order valence-electron chi connectivity index (χ1n) is 6.73. The standard InChI is InChI=1S/C13H28N2/c1-4-10-15(11-5-2)13-8-6-12(14-3)7-9-13/h12-14H,4-11H2,1-3H3. The summed E-state index contributed by atoms with van der Waals surface area (Å²) >= 11 is 0. The van der Waals surface area contributed by atoms with Crippen LogP contribution in [0.1, 0.15) is 52.4 Å². The number of nitrogens with one attached hydrogen (secondary N) is 1. The molecule has 0 heterocycles. The van der Waals surface area contributed by atoms with Crippen LogP contribution < -0.4 is 5.32 Å². The van der Waals surface area contributed by atoms with E-state index in [0.29, 0.717) is 0 Å². The van der Waals surface area contributed by atoms with Gasteiger partial charge in [0.25, 0.3) is 0 Å². The molecule has 0 bridgehead atoms. The third-order valence-electron chi connectivity index (χ3n) is 3.64. The molecule has 0 unspecified atom stereocenters. The maximum absolute atomic E-state index is 3.41. The first-order chi connectivity index (χ1) is 7.31. The molecule has 0 aromatic heterocycles. The van der Waals surface area contributed by atoms with Gasteiger partial charge in [-0.1, -0.05) is 13.8 Å². The molecule has 0 amide bonds. The third kappa shape index (κ3) is 4.12. The maximum Gasteiger partial charge on any atom is 0.00964 e. The van der Waals surface area contributed by atoms with Crippen LogP contribution in [-0.2, 0) is 0 Å². The molecular formula is C13H28N2. The highest BCUT2D eigenvalue weighted by Crippen LogP contribution is 2.23. The molecule has 0 saturated heterocycles. The fourth-order valence-corrected chi connectivity index (χ4v) is 2.78. The molecule has 15 heavy (non-hydrogen) atoms. The van der Waals surface area contributed by atoms with E-state index in [1.54, 1.807) is 0 Å². The normalized spacial score (nSPS) is 27.2. The summed E-state index contributed by atoms with van der Waals surface area (Å²) < 4.78 is 0. The second kappa shape index (κ2) is 7.24. The van der Waals surface area contributed by atoms with Crippen LogP contribution in [0.2, 0.25) is 0 Å². The fraction of sp³-hybridized carbons (Fsp3) is 1.00. The summed E-state index contributed by atoms with van der Waals surface area (Å²) in [6.45, 7) is 7.18. The lowest BCUT2D eigenvalue weighted by atomic mass is 9.90. The first kappa shape index (κ1) is 13.0. The van der Waals surface area contributed by atoms with Crippen molar-refractivity contribution >= 4 is 0 Å². The Morgan fingerprint density at radius 2 is 1.53 bits per heavy atom. The summed E-state index contributed by atoms with van der Waals surface area (Å²) in [7, 11) is 2.10. The van der Waals surface area contributed by atoms with E-state index < -0.39 is 0 Å². The van der Waals surface area contributed by atoms with E-state index >= 15 is 0 Å². The van der Waals surface area contributed by atoms with Crippen LogP contribution in [0.15, 0.2) is 0 Å². The van der Waals surface area contributed by atoms with Crippen LogP contribution in [0, 0.1) is 0 Å². The molecule has 1 N–H and O–H groups in total. The highest BCUT2D eigenvalue weighted by atomic mass is 15.1. The van der Waals surface area contributed by atoms with Crippen LogP contribution in [0.4, 0.5) is 0 Å². The first-order valence-corrected chi connectivity index (χ1v) is 6.73. The molecule has 2 heteroatoms. The second-order valence-corrected chi connectivity index (χ2v) is 4.83. The van der Waals surface area contributed by atoms with Crippen molar-refractivity contribution in [3.63, 3.8) is 0 Å². The van der Waals surface area contributed by atoms with Crippen LogP contribution in [0.5, 0.6) is 0 Å². The van der Waals surface area contributed by atoms with Gasteiger partial charge in [-0.05, 0) is 58.7 Å². The summed E-state index contributed by atoms with van der Waals surface area (Å²) in [6, 6.07) is 1.65. The van der Waals surface area contributed by atoms with Gasteiger partial charge in [0.15, 0.2) is 0 Å². The smallest absolute Gasteiger partial charge is 0.00964 e. The molecule has 0 atom stereocenters. The van der Waals surface area contributed by atoms with Gasteiger partial charge in [0.1, 0.15) is 0 Å². The van der Waals surface area contributed by atoms with Crippen molar-refractivity contribution in [2.75, 3.05) is 20.1 Å². The van der Waals surface area contributed by atoms with Gasteiger partial charge < -0.3 is 10.2 Å². The summed E-state index contributed by atoms with van der Waals surface area (Å²) in [5.41, 5.74) is 0. The summed E-state index contributed by atoms with van der Waals surface area (Å²) in [5, 5.41) is 3.41. The van der Waals surface area contributed by atoms with Gasteiger partial charge in [0.2, 0.25) is 0 Å². The average Bonchev–Trinajstić information content (AvgIpc) is 2.29. The molecule has 1 fully saturated rings. The Balaban J connectivity index is 2.34. The van der Waals surface area contributed by atoms with Crippen LogP contribution in [0.25, 0.3) is 0 Å². The minimum Gasteiger partial charge on any atom is -0.317 e. The summed E-state index contributed by atoms with van der Waals surface area (Å²) in [4.78, 5) is 2.71. The van der Waals surface area contributed by atoms with E-state index in [2.05, 4.69) is 31.1 Å². The molecule has 0 aromatic carbocycles. The summed E-state index contributed by atoms with van der Waals surface area (Å²) in [6.07, 6.45) is 8.12.